The van der Waals surface area contributed by atoms with Gasteiger partial charge in [-0.05, 0) is 61.2 Å². The highest BCUT2D eigenvalue weighted by Crippen LogP contribution is 2.39. The van der Waals surface area contributed by atoms with Gasteiger partial charge in [-0.1, -0.05) is 12.1 Å². The fraction of sp³-hybridized carbons (Fsp3) is 0.269. The molecule has 8 nitrogen and oxygen atoms in total. The Balaban J connectivity index is 1.65. The highest BCUT2D eigenvalue weighted by atomic mass is 19.1. The van der Waals surface area contributed by atoms with Crippen LogP contribution >= 0.6 is 0 Å². The lowest BCUT2D eigenvalue weighted by molar-refractivity contribution is 0.0538. The molecule has 0 atom stereocenters. The normalized spacial score (nSPS) is 14.5. The predicted molar refractivity (Wildman–Crippen MR) is 133 cm³/mol. The van der Waals surface area contributed by atoms with E-state index in [2.05, 4.69) is 25.6 Å². The van der Waals surface area contributed by atoms with Gasteiger partial charge in [-0.15, -0.1) is 5.10 Å². The van der Waals surface area contributed by atoms with E-state index in [1.807, 2.05) is 25.1 Å². The molecule has 1 amide bonds. The Labute approximate surface area is 202 Å². The molecule has 0 aliphatic carbocycles. The summed E-state index contributed by atoms with van der Waals surface area (Å²) < 4.78 is 14.3. The van der Waals surface area contributed by atoms with E-state index in [0.29, 0.717) is 11.3 Å². The van der Waals surface area contributed by atoms with E-state index in [4.69, 9.17) is 10.6 Å². The van der Waals surface area contributed by atoms with Crippen LogP contribution in [0.25, 0.3) is 33.4 Å². The van der Waals surface area contributed by atoms with Gasteiger partial charge in [0.15, 0.2) is 0 Å². The topological polar surface area (TPSA) is 109 Å². The minimum atomic E-state index is -0.334. The number of aromatic amines is 1. The zero-order valence-electron chi connectivity index (χ0n) is 19.6. The van der Waals surface area contributed by atoms with E-state index in [9.17, 15) is 9.18 Å². The van der Waals surface area contributed by atoms with Crippen molar-refractivity contribution in [2.75, 3.05) is 25.1 Å². The first kappa shape index (κ1) is 22.9. The lowest BCUT2D eigenvalue weighted by atomic mass is 9.98. The lowest BCUT2D eigenvalue weighted by Gasteiger charge is -2.34. The van der Waals surface area contributed by atoms with Crippen molar-refractivity contribution in [2.45, 2.75) is 25.8 Å². The van der Waals surface area contributed by atoms with Crippen LogP contribution in [0.3, 0.4) is 0 Å². The van der Waals surface area contributed by atoms with Crippen LogP contribution in [0.5, 0.6) is 0 Å². The first-order valence-corrected chi connectivity index (χ1v) is 11.5. The van der Waals surface area contributed by atoms with Crippen LogP contribution in [0.4, 0.5) is 10.1 Å². The summed E-state index contributed by atoms with van der Waals surface area (Å²) in [5.74, 6) is -0.628. The summed E-state index contributed by atoms with van der Waals surface area (Å²) in [7, 11) is 1.39. The summed E-state index contributed by atoms with van der Waals surface area (Å²) in [6, 6.07) is 12.5. The third kappa shape index (κ3) is 4.60. The van der Waals surface area contributed by atoms with E-state index in [1.54, 1.807) is 18.3 Å². The summed E-state index contributed by atoms with van der Waals surface area (Å²) in [4.78, 5) is 22.6. The number of nitrogens with two attached hydrogens (primary N) is 1. The van der Waals surface area contributed by atoms with Crippen molar-refractivity contribution in [1.29, 1.82) is 0 Å². The quantitative estimate of drug-likeness (QED) is 0.378. The molecular formula is C26H27FN6O2. The number of aromatic nitrogens is 3. The number of hydrogen-bond donors (Lipinski definition) is 3. The van der Waals surface area contributed by atoms with E-state index in [1.165, 1.54) is 19.2 Å². The van der Waals surface area contributed by atoms with Crippen molar-refractivity contribution in [1.82, 2.24) is 20.7 Å². The Kier molecular flexibility index (Phi) is 6.19. The Morgan fingerprint density at radius 3 is 2.74 bits per heavy atom. The van der Waals surface area contributed by atoms with Crippen molar-refractivity contribution >= 4 is 22.5 Å². The Bertz CT molecular complexity index is 1370. The van der Waals surface area contributed by atoms with Crippen LogP contribution in [0.15, 0.2) is 48.7 Å². The number of amides is 1. The molecule has 1 fully saturated rings. The number of anilines is 1. The summed E-state index contributed by atoms with van der Waals surface area (Å²) in [5.41, 5.74) is 14.5. The highest BCUT2D eigenvalue weighted by Gasteiger charge is 2.25. The zero-order valence-corrected chi connectivity index (χ0v) is 19.6. The van der Waals surface area contributed by atoms with Gasteiger partial charge in [-0.2, -0.15) is 5.10 Å². The van der Waals surface area contributed by atoms with Gasteiger partial charge in [-0.3, -0.25) is 9.63 Å². The number of piperidine rings is 1. The third-order valence-corrected chi connectivity index (χ3v) is 6.37. The van der Waals surface area contributed by atoms with Gasteiger partial charge in [0.05, 0.1) is 24.7 Å². The largest absolute Gasteiger partial charge is 0.369 e. The number of halogens is 1. The van der Waals surface area contributed by atoms with Crippen molar-refractivity contribution < 1.29 is 14.0 Å². The number of carbonyl (C=O) groups excluding carboxylic acids is 1. The molecule has 0 saturated carbocycles. The van der Waals surface area contributed by atoms with Gasteiger partial charge in [0.1, 0.15) is 11.5 Å². The molecule has 0 bridgehead atoms. The van der Waals surface area contributed by atoms with Gasteiger partial charge >= 0.3 is 0 Å². The van der Waals surface area contributed by atoms with Crippen LogP contribution in [-0.4, -0.2) is 47.3 Å². The van der Waals surface area contributed by atoms with Crippen LogP contribution < -0.4 is 16.1 Å². The minimum Gasteiger partial charge on any atom is -0.369 e. The van der Waals surface area contributed by atoms with Crippen LogP contribution in [-0.2, 0) is 4.84 Å². The molecule has 1 saturated heterocycles. The molecule has 9 heteroatoms. The maximum absolute atomic E-state index is 14.3. The summed E-state index contributed by atoms with van der Waals surface area (Å²) in [5, 5.41) is 9.72. The van der Waals surface area contributed by atoms with Crippen molar-refractivity contribution in [3.8, 4) is 22.5 Å². The van der Waals surface area contributed by atoms with E-state index < -0.39 is 0 Å². The molecule has 3 heterocycles. The molecule has 180 valence electrons. The molecule has 5 rings (SSSR count). The second-order valence-electron chi connectivity index (χ2n) is 8.92. The van der Waals surface area contributed by atoms with Gasteiger partial charge in [-0.25, -0.2) is 9.87 Å². The van der Waals surface area contributed by atoms with Crippen LogP contribution in [0.2, 0.25) is 0 Å². The van der Waals surface area contributed by atoms with Crippen LogP contribution in [0, 0.1) is 12.7 Å². The molecule has 0 spiro atoms. The molecule has 0 radical (unpaired) electrons. The minimum absolute atomic E-state index is 0.161. The molecule has 2 aromatic heterocycles. The van der Waals surface area contributed by atoms with E-state index in [-0.39, 0.29) is 17.8 Å². The zero-order chi connectivity index (χ0) is 24.5. The van der Waals surface area contributed by atoms with Crippen molar-refractivity contribution in [3.63, 3.8) is 0 Å². The number of rotatable bonds is 5. The number of hydroxylamine groups is 1. The second-order valence-corrected chi connectivity index (χ2v) is 8.92. The van der Waals surface area contributed by atoms with E-state index in [0.717, 1.165) is 64.9 Å². The molecule has 2 aromatic carbocycles. The highest BCUT2D eigenvalue weighted by molar-refractivity contribution is 5.99. The standard InChI is InChI=1S/C26H27FN6O2/c1-15-9-18(11-19(27)10-15)21-14-29-31-24(25(21)33-7-5-20(28)6-8-33)23-12-16-3-4-17(13-22(16)30-23)26(34)32-35-2/h3-4,9-14,20,30H,5-8,28H2,1-2H3,(H,32,34). The Hall–Kier alpha value is -3.82. The Morgan fingerprint density at radius 1 is 1.20 bits per heavy atom. The van der Waals surface area contributed by atoms with E-state index >= 15 is 0 Å². The first-order valence-electron chi connectivity index (χ1n) is 11.5. The number of nitrogens with one attached hydrogen (secondary N) is 2. The lowest BCUT2D eigenvalue weighted by Crippen LogP contribution is -2.40. The average Bonchev–Trinajstić information content (AvgIpc) is 3.27. The third-order valence-electron chi connectivity index (χ3n) is 6.37. The number of H-pyrrole nitrogens is 1. The van der Waals surface area contributed by atoms with Gasteiger partial charge < -0.3 is 15.6 Å². The molecule has 1 aliphatic rings. The van der Waals surface area contributed by atoms with Crippen LogP contribution in [0.1, 0.15) is 28.8 Å². The number of nitrogens with zero attached hydrogens (tertiary/aromatic N) is 3. The van der Waals surface area contributed by atoms with Gasteiger partial charge in [0.2, 0.25) is 0 Å². The molecule has 1 aliphatic heterocycles. The molecule has 35 heavy (non-hydrogen) atoms. The number of aryl methyl sites for hydroxylation is 1. The fourth-order valence-corrected chi connectivity index (χ4v) is 4.66. The number of hydrogen-bond acceptors (Lipinski definition) is 6. The first-order chi connectivity index (χ1) is 16.9. The fourth-order valence-electron chi connectivity index (χ4n) is 4.66. The summed E-state index contributed by atoms with van der Waals surface area (Å²) >= 11 is 0. The number of carbonyl (C=O) groups is 1. The molecule has 4 aromatic rings. The van der Waals surface area contributed by atoms with Gasteiger partial charge in [0, 0.05) is 41.2 Å². The average molecular weight is 475 g/mol. The maximum atomic E-state index is 14.3. The van der Waals surface area contributed by atoms with Crippen molar-refractivity contribution in [3.05, 3.63) is 65.6 Å². The predicted octanol–water partition coefficient (Wildman–Crippen LogP) is 3.96. The smallest absolute Gasteiger partial charge is 0.274 e. The monoisotopic (exact) mass is 474 g/mol. The number of benzene rings is 2. The van der Waals surface area contributed by atoms with Gasteiger partial charge in [0.25, 0.3) is 5.91 Å². The SMILES string of the molecule is CONC(=O)c1ccc2cc(-c3nncc(-c4cc(C)cc(F)c4)c3N3CCC(N)CC3)[nH]c2c1. The second kappa shape index (κ2) is 9.44. The summed E-state index contributed by atoms with van der Waals surface area (Å²) in [6.07, 6.45) is 3.40. The molecule has 0 unspecified atom stereocenters. The maximum Gasteiger partial charge on any atom is 0.274 e. The van der Waals surface area contributed by atoms with Crippen molar-refractivity contribution in [2.24, 2.45) is 5.73 Å². The number of fused-ring (bicyclic) bond motifs is 1. The molecular weight excluding hydrogens is 447 g/mol. The Morgan fingerprint density at radius 2 is 2.00 bits per heavy atom. The molecule has 4 N–H and O–H groups in total. The summed E-state index contributed by atoms with van der Waals surface area (Å²) in [6.45, 7) is 3.40.